The van der Waals surface area contributed by atoms with Crippen molar-refractivity contribution in [2.24, 2.45) is 10.7 Å². The molecule has 1 heterocycles. The second-order valence-electron chi connectivity index (χ2n) is 6.25. The van der Waals surface area contributed by atoms with Crippen LogP contribution in [-0.2, 0) is 20.9 Å². The van der Waals surface area contributed by atoms with Gasteiger partial charge in [0.1, 0.15) is 18.5 Å². The summed E-state index contributed by atoms with van der Waals surface area (Å²) in [7, 11) is 0. The Bertz CT molecular complexity index is 884. The number of nitrogens with zero attached hydrogens (tertiary/aromatic N) is 2. The zero-order valence-corrected chi connectivity index (χ0v) is 15.1. The van der Waals surface area contributed by atoms with Gasteiger partial charge in [0.15, 0.2) is 0 Å². The monoisotopic (exact) mass is 380 g/mol. The number of carbonyl (C=O) groups is 3. The molecule has 2 aromatic rings. The molecule has 1 atom stereocenters. The van der Waals surface area contributed by atoms with Gasteiger partial charge in [-0.2, -0.15) is 4.99 Å². The lowest BCUT2D eigenvalue weighted by Crippen LogP contribution is -2.55. The Labute approximate surface area is 162 Å². The number of benzene rings is 2. The third kappa shape index (κ3) is 4.94. The van der Waals surface area contributed by atoms with E-state index in [1.54, 1.807) is 29.2 Å². The summed E-state index contributed by atoms with van der Waals surface area (Å²) in [6.45, 7) is 0.0192. The Kier molecular flexibility index (Phi) is 6.01. The molecular formula is C20H20N4O4. The first-order chi connectivity index (χ1) is 13.5. The number of hydrogen-bond acceptors (Lipinski definition) is 5. The molecule has 1 aliphatic rings. The molecule has 3 amide bonds. The van der Waals surface area contributed by atoms with E-state index in [0.717, 1.165) is 5.56 Å². The minimum Gasteiger partial charge on any atom is -0.445 e. The molecule has 8 nitrogen and oxygen atoms in total. The van der Waals surface area contributed by atoms with Crippen LogP contribution in [0.5, 0.6) is 0 Å². The highest BCUT2D eigenvalue weighted by Crippen LogP contribution is 2.13. The minimum absolute atomic E-state index is 0.0654. The van der Waals surface area contributed by atoms with E-state index >= 15 is 0 Å². The van der Waals surface area contributed by atoms with Crippen LogP contribution in [0.4, 0.5) is 4.79 Å². The van der Waals surface area contributed by atoms with Crippen molar-refractivity contribution >= 4 is 23.7 Å². The largest absolute Gasteiger partial charge is 0.445 e. The molecule has 0 bridgehead atoms. The number of rotatable bonds is 6. The summed E-state index contributed by atoms with van der Waals surface area (Å²) in [5, 5.41) is 2.50. The molecule has 1 aliphatic heterocycles. The number of amidine groups is 1. The van der Waals surface area contributed by atoms with Crippen molar-refractivity contribution in [1.29, 1.82) is 0 Å². The van der Waals surface area contributed by atoms with Gasteiger partial charge in [-0.3, -0.25) is 9.59 Å². The van der Waals surface area contributed by atoms with E-state index in [0.29, 0.717) is 11.4 Å². The molecule has 3 N–H and O–H groups in total. The van der Waals surface area contributed by atoms with Crippen molar-refractivity contribution in [3.63, 3.8) is 0 Å². The van der Waals surface area contributed by atoms with Crippen molar-refractivity contribution in [3.8, 4) is 0 Å². The molecule has 0 saturated carbocycles. The maximum Gasteiger partial charge on any atom is 0.408 e. The maximum absolute atomic E-state index is 12.4. The number of ether oxygens (including phenoxy) is 1. The maximum atomic E-state index is 12.4. The predicted octanol–water partition coefficient (Wildman–Crippen LogP) is 1.06. The van der Waals surface area contributed by atoms with Gasteiger partial charge in [0.05, 0.1) is 6.54 Å². The van der Waals surface area contributed by atoms with Crippen molar-refractivity contribution in [3.05, 3.63) is 71.8 Å². The number of primary amides is 1. The van der Waals surface area contributed by atoms with Crippen molar-refractivity contribution < 1.29 is 19.1 Å². The first-order valence-corrected chi connectivity index (χ1v) is 8.71. The Morgan fingerprint density at radius 2 is 1.75 bits per heavy atom. The average Bonchev–Trinajstić information content (AvgIpc) is 2.70. The quantitative estimate of drug-likeness (QED) is 0.778. The summed E-state index contributed by atoms with van der Waals surface area (Å²) in [5.74, 6) is -0.736. The highest BCUT2D eigenvalue weighted by Gasteiger charge is 2.32. The number of nitrogens with one attached hydrogen (secondary N) is 1. The summed E-state index contributed by atoms with van der Waals surface area (Å²) in [6, 6.07) is 17.2. The molecule has 0 radical (unpaired) electrons. The second kappa shape index (κ2) is 8.81. The topological polar surface area (TPSA) is 114 Å². The summed E-state index contributed by atoms with van der Waals surface area (Å²) in [4.78, 5) is 41.6. The summed E-state index contributed by atoms with van der Waals surface area (Å²) < 4.78 is 5.15. The van der Waals surface area contributed by atoms with Crippen LogP contribution in [0, 0.1) is 0 Å². The molecule has 8 heteroatoms. The van der Waals surface area contributed by atoms with Crippen LogP contribution in [0.3, 0.4) is 0 Å². The first kappa shape index (κ1) is 19.1. The van der Waals surface area contributed by atoms with Crippen LogP contribution in [0.15, 0.2) is 65.7 Å². The number of alkyl carbamates (subject to hydrolysis) is 1. The van der Waals surface area contributed by atoms with Gasteiger partial charge in [0.2, 0.25) is 5.91 Å². The standard InChI is InChI=1S/C20H20N4O4/c21-17(25)12-24-11-16(19(26)23-18(24)15-9-5-2-6-10-15)22-20(27)28-13-14-7-3-1-4-8-14/h1-10,16H,11-13H2,(H2,21,25)(H,22,27). The molecule has 1 unspecified atom stereocenters. The van der Waals surface area contributed by atoms with Crippen LogP contribution in [0.1, 0.15) is 11.1 Å². The van der Waals surface area contributed by atoms with Gasteiger partial charge in [-0.1, -0.05) is 60.7 Å². The molecule has 0 aromatic heterocycles. The third-order valence-electron chi connectivity index (χ3n) is 4.10. The Morgan fingerprint density at radius 1 is 1.11 bits per heavy atom. The van der Waals surface area contributed by atoms with Crippen LogP contribution < -0.4 is 11.1 Å². The van der Waals surface area contributed by atoms with Gasteiger partial charge in [0.25, 0.3) is 5.91 Å². The minimum atomic E-state index is -0.935. The number of nitrogens with two attached hydrogens (primary N) is 1. The molecule has 0 spiro atoms. The third-order valence-corrected chi connectivity index (χ3v) is 4.10. The molecule has 144 valence electrons. The lowest BCUT2D eigenvalue weighted by atomic mass is 10.1. The zero-order chi connectivity index (χ0) is 19.9. The van der Waals surface area contributed by atoms with Gasteiger partial charge in [-0.15, -0.1) is 0 Å². The summed E-state index contributed by atoms with van der Waals surface area (Å²) in [6.07, 6.45) is -0.736. The lowest BCUT2D eigenvalue weighted by Gasteiger charge is -2.32. The lowest BCUT2D eigenvalue weighted by molar-refractivity contribution is -0.122. The van der Waals surface area contributed by atoms with Crippen molar-refractivity contribution in [1.82, 2.24) is 10.2 Å². The molecule has 0 aliphatic carbocycles. The van der Waals surface area contributed by atoms with Gasteiger partial charge < -0.3 is 20.7 Å². The van der Waals surface area contributed by atoms with Crippen LogP contribution in [-0.4, -0.2) is 47.8 Å². The van der Waals surface area contributed by atoms with Gasteiger partial charge in [-0.05, 0) is 5.56 Å². The van der Waals surface area contributed by atoms with Crippen LogP contribution >= 0.6 is 0 Å². The number of carbonyl (C=O) groups excluding carboxylic acids is 3. The highest BCUT2D eigenvalue weighted by molar-refractivity contribution is 6.09. The average molecular weight is 380 g/mol. The first-order valence-electron chi connectivity index (χ1n) is 8.71. The number of aliphatic imine (C=N–C) groups is 1. The smallest absolute Gasteiger partial charge is 0.408 e. The summed E-state index contributed by atoms with van der Waals surface area (Å²) >= 11 is 0. The molecule has 0 saturated heterocycles. The van der Waals surface area contributed by atoms with Crippen molar-refractivity contribution in [2.75, 3.05) is 13.1 Å². The Hall–Kier alpha value is -3.68. The van der Waals surface area contributed by atoms with E-state index in [4.69, 9.17) is 10.5 Å². The van der Waals surface area contributed by atoms with E-state index in [-0.39, 0.29) is 19.7 Å². The zero-order valence-electron chi connectivity index (χ0n) is 15.1. The molecule has 3 rings (SSSR count). The fourth-order valence-corrected chi connectivity index (χ4v) is 2.81. The SMILES string of the molecule is NC(=O)CN1CC(NC(=O)OCc2ccccc2)C(=O)N=C1c1ccccc1. The van der Waals surface area contributed by atoms with Gasteiger partial charge in [0, 0.05) is 12.1 Å². The fourth-order valence-electron chi connectivity index (χ4n) is 2.81. The Morgan fingerprint density at radius 3 is 2.39 bits per heavy atom. The molecule has 28 heavy (non-hydrogen) atoms. The van der Waals surface area contributed by atoms with Gasteiger partial charge in [-0.25, -0.2) is 4.79 Å². The van der Waals surface area contributed by atoms with E-state index < -0.39 is 23.9 Å². The molecule has 2 aromatic carbocycles. The number of amides is 3. The predicted molar refractivity (Wildman–Crippen MR) is 102 cm³/mol. The van der Waals surface area contributed by atoms with E-state index in [1.165, 1.54) is 0 Å². The second-order valence-corrected chi connectivity index (χ2v) is 6.25. The summed E-state index contributed by atoms with van der Waals surface area (Å²) in [5.41, 5.74) is 6.83. The Balaban J connectivity index is 1.69. The van der Waals surface area contributed by atoms with E-state index in [1.807, 2.05) is 36.4 Å². The van der Waals surface area contributed by atoms with Gasteiger partial charge >= 0.3 is 6.09 Å². The number of hydrogen-bond donors (Lipinski definition) is 2. The van der Waals surface area contributed by atoms with Crippen LogP contribution in [0.25, 0.3) is 0 Å². The normalized spacial score (nSPS) is 16.3. The van der Waals surface area contributed by atoms with E-state index in [2.05, 4.69) is 10.3 Å². The van der Waals surface area contributed by atoms with Crippen molar-refractivity contribution in [2.45, 2.75) is 12.6 Å². The van der Waals surface area contributed by atoms with E-state index in [9.17, 15) is 14.4 Å². The highest BCUT2D eigenvalue weighted by atomic mass is 16.5. The molecular weight excluding hydrogens is 360 g/mol. The fraction of sp³-hybridized carbons (Fsp3) is 0.200. The van der Waals surface area contributed by atoms with Crippen LogP contribution in [0.2, 0.25) is 0 Å². The molecule has 0 fully saturated rings.